The first-order valence-electron chi connectivity index (χ1n) is 7.96. The molecule has 0 aliphatic rings. The number of nitrogens with one attached hydrogen (secondary N) is 1. The van der Waals surface area contributed by atoms with Crippen molar-refractivity contribution < 1.29 is 24.2 Å². The van der Waals surface area contributed by atoms with Gasteiger partial charge in [0.05, 0.1) is 12.7 Å². The number of hydrogen-bond acceptors (Lipinski definition) is 7. The van der Waals surface area contributed by atoms with E-state index >= 15 is 0 Å². The van der Waals surface area contributed by atoms with Gasteiger partial charge in [-0.25, -0.2) is 10.2 Å². The Morgan fingerprint density at radius 3 is 2.50 bits per heavy atom. The van der Waals surface area contributed by atoms with Crippen LogP contribution in [0.2, 0.25) is 0 Å². The lowest BCUT2D eigenvalue weighted by Gasteiger charge is -2.25. The highest BCUT2D eigenvalue weighted by atomic mass is 16.5. The first-order chi connectivity index (χ1) is 12.3. The average molecular weight is 358 g/mol. The van der Waals surface area contributed by atoms with E-state index < -0.39 is 17.5 Å². The van der Waals surface area contributed by atoms with Crippen LogP contribution in [0.25, 0.3) is 0 Å². The molecule has 0 unspecified atom stereocenters. The predicted octanol–water partition coefficient (Wildman–Crippen LogP) is 1.86. The summed E-state index contributed by atoms with van der Waals surface area (Å²) >= 11 is 0. The van der Waals surface area contributed by atoms with E-state index in [0.29, 0.717) is 11.1 Å². The fourth-order valence-electron chi connectivity index (χ4n) is 2.53. The maximum absolute atomic E-state index is 12.3. The zero-order valence-electron chi connectivity index (χ0n) is 14.9. The summed E-state index contributed by atoms with van der Waals surface area (Å²) in [6, 6.07) is 11.5. The van der Waals surface area contributed by atoms with Crippen molar-refractivity contribution in [2.45, 2.75) is 25.8 Å². The molecule has 0 spiro atoms. The van der Waals surface area contributed by atoms with Crippen molar-refractivity contribution >= 4 is 11.9 Å². The maximum atomic E-state index is 12.3. The number of carbonyl (C=O) groups is 2. The topological polar surface area (TPSA) is 111 Å². The van der Waals surface area contributed by atoms with Gasteiger partial charge in [-0.05, 0) is 43.2 Å². The molecule has 0 bridgehead atoms. The molecular formula is C19H22N2O5. The number of phenolic OH excluding ortho intramolecular Hbond substituents is 1. The van der Waals surface area contributed by atoms with Crippen molar-refractivity contribution in [3.63, 3.8) is 0 Å². The van der Waals surface area contributed by atoms with Gasteiger partial charge in [0.15, 0.2) is 11.5 Å². The van der Waals surface area contributed by atoms with Crippen molar-refractivity contribution in [3.8, 4) is 11.5 Å². The van der Waals surface area contributed by atoms with Crippen LogP contribution in [-0.4, -0.2) is 29.7 Å². The molecule has 7 heteroatoms. The van der Waals surface area contributed by atoms with Crippen LogP contribution in [0.15, 0.2) is 42.5 Å². The summed E-state index contributed by atoms with van der Waals surface area (Å²) < 4.78 is 10.0. The van der Waals surface area contributed by atoms with Gasteiger partial charge < -0.3 is 14.6 Å². The van der Waals surface area contributed by atoms with Crippen molar-refractivity contribution in [1.29, 1.82) is 0 Å². The second kappa shape index (κ2) is 7.99. The lowest BCUT2D eigenvalue weighted by molar-refractivity contribution is -0.147. The molecule has 0 saturated heterocycles. The van der Waals surface area contributed by atoms with E-state index in [0.717, 1.165) is 5.56 Å². The van der Waals surface area contributed by atoms with E-state index in [4.69, 9.17) is 15.3 Å². The van der Waals surface area contributed by atoms with Gasteiger partial charge in [0.2, 0.25) is 0 Å². The van der Waals surface area contributed by atoms with Gasteiger partial charge in [-0.3, -0.25) is 10.6 Å². The summed E-state index contributed by atoms with van der Waals surface area (Å²) in [6.45, 7) is 3.38. The van der Waals surface area contributed by atoms with Crippen molar-refractivity contribution in [1.82, 2.24) is 5.43 Å². The standard InChI is InChI=1S/C19H22N2O5/c1-12-6-4-5-7-14(12)17(23)26-16-9-8-13(10-15(16)22)11-19(2,21-20)18(24)25-3/h4-10,21-22H,11,20H2,1-3H3/t19-/m0/s1. The Morgan fingerprint density at radius 1 is 1.23 bits per heavy atom. The van der Waals surface area contributed by atoms with Gasteiger partial charge in [0.25, 0.3) is 0 Å². The van der Waals surface area contributed by atoms with Crippen LogP contribution in [0.1, 0.15) is 28.4 Å². The van der Waals surface area contributed by atoms with Crippen LogP contribution in [0.5, 0.6) is 11.5 Å². The van der Waals surface area contributed by atoms with Crippen LogP contribution in [0, 0.1) is 6.92 Å². The minimum absolute atomic E-state index is 0.0301. The zero-order chi connectivity index (χ0) is 19.3. The average Bonchev–Trinajstić information content (AvgIpc) is 2.63. The van der Waals surface area contributed by atoms with Crippen LogP contribution in [0.3, 0.4) is 0 Å². The van der Waals surface area contributed by atoms with Gasteiger partial charge in [0, 0.05) is 6.42 Å². The summed E-state index contributed by atoms with van der Waals surface area (Å²) in [5.74, 6) is 4.18. The van der Waals surface area contributed by atoms with E-state index in [2.05, 4.69) is 5.43 Å². The fourth-order valence-corrected chi connectivity index (χ4v) is 2.53. The summed E-state index contributed by atoms with van der Waals surface area (Å²) in [6.07, 6.45) is 0.176. The molecular weight excluding hydrogens is 336 g/mol. The number of ether oxygens (including phenoxy) is 2. The van der Waals surface area contributed by atoms with E-state index in [9.17, 15) is 14.7 Å². The van der Waals surface area contributed by atoms with Gasteiger partial charge >= 0.3 is 11.9 Å². The zero-order valence-corrected chi connectivity index (χ0v) is 14.9. The molecule has 26 heavy (non-hydrogen) atoms. The highest BCUT2D eigenvalue weighted by molar-refractivity contribution is 5.92. The number of methoxy groups -OCH3 is 1. The molecule has 4 N–H and O–H groups in total. The molecule has 2 rings (SSSR count). The number of rotatable bonds is 6. The monoisotopic (exact) mass is 358 g/mol. The number of esters is 2. The summed E-state index contributed by atoms with van der Waals surface area (Å²) in [5.41, 5.74) is 3.09. The quantitative estimate of drug-likeness (QED) is 0.313. The highest BCUT2D eigenvalue weighted by Gasteiger charge is 2.33. The van der Waals surface area contributed by atoms with E-state index in [1.54, 1.807) is 38.1 Å². The molecule has 1 atom stereocenters. The smallest absolute Gasteiger partial charge is 0.343 e. The molecule has 0 fully saturated rings. The lowest BCUT2D eigenvalue weighted by Crippen LogP contribution is -2.55. The Bertz CT molecular complexity index is 821. The normalized spacial score (nSPS) is 12.9. The van der Waals surface area contributed by atoms with Gasteiger partial charge in [-0.2, -0.15) is 0 Å². The van der Waals surface area contributed by atoms with Crippen molar-refractivity contribution in [3.05, 3.63) is 59.2 Å². The Hall–Kier alpha value is -2.90. The third-order valence-electron chi connectivity index (χ3n) is 4.10. The molecule has 0 saturated carbocycles. The number of hydrazine groups is 1. The van der Waals surface area contributed by atoms with E-state index in [-0.39, 0.29) is 17.9 Å². The molecule has 0 aliphatic carbocycles. The lowest BCUT2D eigenvalue weighted by atomic mass is 9.93. The molecule has 2 aromatic carbocycles. The van der Waals surface area contributed by atoms with Gasteiger partial charge in [-0.15, -0.1) is 0 Å². The minimum Gasteiger partial charge on any atom is -0.504 e. The molecule has 0 aliphatic heterocycles. The maximum Gasteiger partial charge on any atom is 0.343 e. The molecule has 2 aromatic rings. The van der Waals surface area contributed by atoms with Crippen LogP contribution < -0.4 is 16.0 Å². The Kier molecular flexibility index (Phi) is 5.97. The predicted molar refractivity (Wildman–Crippen MR) is 95.7 cm³/mol. The summed E-state index contributed by atoms with van der Waals surface area (Å²) in [7, 11) is 1.27. The molecule has 0 heterocycles. The molecule has 0 amide bonds. The number of phenols is 1. The molecule has 138 valence electrons. The van der Waals surface area contributed by atoms with E-state index in [1.165, 1.54) is 19.2 Å². The number of aryl methyl sites for hydroxylation is 1. The second-order valence-electron chi connectivity index (χ2n) is 6.15. The second-order valence-corrected chi connectivity index (χ2v) is 6.15. The number of nitrogens with two attached hydrogens (primary N) is 1. The first kappa shape index (κ1) is 19.4. The van der Waals surface area contributed by atoms with Crippen molar-refractivity contribution in [2.24, 2.45) is 5.84 Å². The minimum atomic E-state index is -1.15. The Balaban J connectivity index is 2.18. The van der Waals surface area contributed by atoms with Gasteiger partial charge in [0.1, 0.15) is 5.54 Å². The van der Waals surface area contributed by atoms with Crippen LogP contribution in [0.4, 0.5) is 0 Å². The first-order valence-corrected chi connectivity index (χ1v) is 7.96. The van der Waals surface area contributed by atoms with E-state index in [1.807, 2.05) is 6.07 Å². The van der Waals surface area contributed by atoms with Crippen LogP contribution in [-0.2, 0) is 16.0 Å². The fraction of sp³-hybridized carbons (Fsp3) is 0.263. The van der Waals surface area contributed by atoms with Gasteiger partial charge in [-0.1, -0.05) is 24.3 Å². The van der Waals surface area contributed by atoms with Crippen LogP contribution >= 0.6 is 0 Å². The van der Waals surface area contributed by atoms with Crippen molar-refractivity contribution in [2.75, 3.05) is 7.11 Å². The molecule has 0 radical (unpaired) electrons. The number of hydrogen-bond donors (Lipinski definition) is 3. The largest absolute Gasteiger partial charge is 0.504 e. The summed E-state index contributed by atoms with van der Waals surface area (Å²) in [5, 5.41) is 10.2. The summed E-state index contributed by atoms with van der Waals surface area (Å²) in [4.78, 5) is 24.1. The number of aromatic hydroxyl groups is 1. The number of carbonyl (C=O) groups excluding carboxylic acids is 2. The Labute approximate surface area is 151 Å². The third kappa shape index (κ3) is 4.19. The molecule has 7 nitrogen and oxygen atoms in total. The SMILES string of the molecule is COC(=O)[C@](C)(Cc1ccc(OC(=O)c2ccccc2C)c(O)c1)NN. The highest BCUT2D eigenvalue weighted by Crippen LogP contribution is 2.29. The Morgan fingerprint density at radius 2 is 1.92 bits per heavy atom. The third-order valence-corrected chi connectivity index (χ3v) is 4.10. The number of benzene rings is 2. The molecule has 0 aromatic heterocycles.